The number of hydrogen-bond acceptors (Lipinski definition) is 5. The van der Waals surface area contributed by atoms with E-state index in [1.807, 2.05) is 6.07 Å². The Kier molecular flexibility index (Phi) is 5.38. The summed E-state index contributed by atoms with van der Waals surface area (Å²) < 4.78 is 51.1. The first kappa shape index (κ1) is 19.5. The number of hydrogen-bond donors (Lipinski definition) is 1. The highest BCUT2D eigenvalue weighted by molar-refractivity contribution is 7.90. The fraction of sp³-hybridized carbons (Fsp3) is 0.100. The molecule has 1 heterocycles. The lowest BCUT2D eigenvalue weighted by atomic mass is 9.98. The molecule has 2 aromatic carbocycles. The molecule has 28 heavy (non-hydrogen) atoms. The van der Waals surface area contributed by atoms with E-state index in [1.165, 1.54) is 24.4 Å². The lowest BCUT2D eigenvalue weighted by Crippen LogP contribution is -2.15. The van der Waals surface area contributed by atoms with Crippen molar-refractivity contribution in [2.75, 3.05) is 11.6 Å². The van der Waals surface area contributed by atoms with Crippen molar-refractivity contribution in [2.45, 2.75) is 10.9 Å². The van der Waals surface area contributed by atoms with Gasteiger partial charge < -0.3 is 5.32 Å². The highest BCUT2D eigenvalue weighted by Crippen LogP contribution is 2.29. The number of rotatable bonds is 5. The first-order chi connectivity index (χ1) is 13.3. The molecule has 0 radical (unpaired) electrons. The van der Waals surface area contributed by atoms with Gasteiger partial charge in [0.05, 0.1) is 16.5 Å². The van der Waals surface area contributed by atoms with Gasteiger partial charge in [-0.15, -0.1) is 0 Å². The zero-order valence-electron chi connectivity index (χ0n) is 14.7. The molecule has 0 fully saturated rings. The quantitative estimate of drug-likeness (QED) is 0.705. The zero-order chi connectivity index (χ0) is 20.3. The number of pyridine rings is 1. The van der Waals surface area contributed by atoms with E-state index in [1.54, 1.807) is 24.3 Å². The van der Waals surface area contributed by atoms with Crippen molar-refractivity contribution >= 4 is 15.7 Å². The monoisotopic (exact) mass is 399 g/mol. The lowest BCUT2D eigenvalue weighted by Gasteiger charge is -2.21. The van der Waals surface area contributed by atoms with Gasteiger partial charge in [-0.05, 0) is 47.5 Å². The molecule has 0 bridgehead atoms. The molecule has 0 saturated carbocycles. The minimum atomic E-state index is -3.47. The SMILES string of the molecule is CS(=O)(=O)c1cccc(C(Nc2ncccc2C#N)c2ccc(F)c(F)c2)c1. The summed E-state index contributed by atoms with van der Waals surface area (Å²) in [5.41, 5.74) is 1.09. The van der Waals surface area contributed by atoms with Crippen LogP contribution in [-0.4, -0.2) is 19.7 Å². The maximum absolute atomic E-state index is 13.8. The fourth-order valence-electron chi connectivity index (χ4n) is 2.72. The number of nitrogens with one attached hydrogen (secondary N) is 1. The van der Waals surface area contributed by atoms with Crippen LogP contribution in [0.4, 0.5) is 14.6 Å². The van der Waals surface area contributed by atoms with Crippen LogP contribution in [-0.2, 0) is 9.84 Å². The normalized spacial score (nSPS) is 12.2. The molecule has 0 saturated heterocycles. The van der Waals surface area contributed by atoms with Crippen LogP contribution in [0.3, 0.4) is 0 Å². The van der Waals surface area contributed by atoms with Gasteiger partial charge in [0, 0.05) is 12.5 Å². The van der Waals surface area contributed by atoms with Gasteiger partial charge in [-0.3, -0.25) is 0 Å². The Morgan fingerprint density at radius 3 is 2.46 bits per heavy atom. The van der Waals surface area contributed by atoms with Crippen LogP contribution in [0.5, 0.6) is 0 Å². The molecule has 1 N–H and O–H groups in total. The minimum Gasteiger partial charge on any atom is -0.358 e. The number of nitriles is 1. The van der Waals surface area contributed by atoms with Gasteiger partial charge in [-0.1, -0.05) is 18.2 Å². The van der Waals surface area contributed by atoms with Crippen LogP contribution < -0.4 is 5.32 Å². The molecule has 1 atom stereocenters. The van der Waals surface area contributed by atoms with E-state index in [0.29, 0.717) is 11.1 Å². The molecule has 0 amide bonds. The Morgan fingerprint density at radius 1 is 1.04 bits per heavy atom. The van der Waals surface area contributed by atoms with E-state index in [4.69, 9.17) is 0 Å². The van der Waals surface area contributed by atoms with E-state index in [9.17, 15) is 22.5 Å². The van der Waals surface area contributed by atoms with Gasteiger partial charge in [-0.25, -0.2) is 22.2 Å². The predicted molar refractivity (Wildman–Crippen MR) is 100 cm³/mol. The molecule has 142 valence electrons. The Morgan fingerprint density at radius 2 is 1.79 bits per heavy atom. The van der Waals surface area contributed by atoms with E-state index < -0.39 is 27.5 Å². The third-order valence-electron chi connectivity index (χ3n) is 4.11. The number of sulfone groups is 1. The van der Waals surface area contributed by atoms with Gasteiger partial charge in [-0.2, -0.15) is 5.26 Å². The Labute approximate surface area is 161 Å². The predicted octanol–water partition coefficient (Wildman–Crippen LogP) is 3.84. The largest absolute Gasteiger partial charge is 0.358 e. The Balaban J connectivity index is 2.15. The zero-order valence-corrected chi connectivity index (χ0v) is 15.5. The standard InChI is InChI=1S/C20H15F2N3O2S/c1-28(26,27)16-6-2-4-13(10-16)19(14-7-8-17(21)18(22)11-14)25-20-15(12-23)5-3-9-24-20/h2-11,19H,1H3,(H,24,25). The number of anilines is 1. The number of benzene rings is 2. The second kappa shape index (κ2) is 7.74. The second-order valence-corrected chi connectivity index (χ2v) is 8.12. The summed E-state index contributed by atoms with van der Waals surface area (Å²) >= 11 is 0. The van der Waals surface area contributed by atoms with E-state index in [0.717, 1.165) is 18.4 Å². The molecular weight excluding hydrogens is 384 g/mol. The first-order valence-electron chi connectivity index (χ1n) is 8.16. The van der Waals surface area contributed by atoms with Gasteiger partial charge in [0.1, 0.15) is 11.9 Å². The van der Waals surface area contributed by atoms with Gasteiger partial charge in [0.25, 0.3) is 0 Å². The maximum atomic E-state index is 13.8. The van der Waals surface area contributed by atoms with Crippen molar-refractivity contribution < 1.29 is 17.2 Å². The molecule has 5 nitrogen and oxygen atoms in total. The molecule has 3 aromatic rings. The molecule has 3 rings (SSSR count). The van der Waals surface area contributed by atoms with Crippen LogP contribution in [0.25, 0.3) is 0 Å². The molecule has 0 aliphatic rings. The lowest BCUT2D eigenvalue weighted by molar-refractivity contribution is 0.506. The molecule has 1 unspecified atom stereocenters. The van der Waals surface area contributed by atoms with Crippen molar-refractivity contribution in [3.8, 4) is 6.07 Å². The molecular formula is C20H15F2N3O2S. The van der Waals surface area contributed by atoms with Gasteiger partial charge >= 0.3 is 0 Å². The van der Waals surface area contributed by atoms with Crippen molar-refractivity contribution in [3.63, 3.8) is 0 Å². The third kappa shape index (κ3) is 4.15. The fourth-order valence-corrected chi connectivity index (χ4v) is 3.40. The van der Waals surface area contributed by atoms with E-state index in [-0.39, 0.29) is 16.3 Å². The van der Waals surface area contributed by atoms with Crippen molar-refractivity contribution in [1.82, 2.24) is 4.98 Å². The Hall–Kier alpha value is -3.31. The average Bonchev–Trinajstić information content (AvgIpc) is 2.68. The summed E-state index contributed by atoms with van der Waals surface area (Å²) in [6.45, 7) is 0. The minimum absolute atomic E-state index is 0.0842. The summed E-state index contributed by atoms with van der Waals surface area (Å²) in [7, 11) is -3.47. The van der Waals surface area contributed by atoms with Crippen LogP contribution in [0.2, 0.25) is 0 Å². The summed E-state index contributed by atoms with van der Waals surface area (Å²) in [6, 6.07) is 13.9. The van der Waals surface area contributed by atoms with Crippen LogP contribution >= 0.6 is 0 Å². The van der Waals surface area contributed by atoms with Gasteiger partial charge in [0.2, 0.25) is 0 Å². The Bertz CT molecular complexity index is 1170. The molecule has 0 aliphatic carbocycles. The summed E-state index contributed by atoms with van der Waals surface area (Å²) in [5.74, 6) is -1.79. The van der Waals surface area contributed by atoms with Crippen molar-refractivity contribution in [3.05, 3.63) is 89.1 Å². The van der Waals surface area contributed by atoms with Crippen molar-refractivity contribution in [2.24, 2.45) is 0 Å². The topological polar surface area (TPSA) is 82.8 Å². The highest BCUT2D eigenvalue weighted by atomic mass is 32.2. The summed E-state index contributed by atoms with van der Waals surface area (Å²) in [4.78, 5) is 4.22. The molecule has 0 aliphatic heterocycles. The first-order valence-corrected chi connectivity index (χ1v) is 10.1. The summed E-state index contributed by atoms with van der Waals surface area (Å²) in [6.07, 6.45) is 2.57. The van der Waals surface area contributed by atoms with E-state index >= 15 is 0 Å². The van der Waals surface area contributed by atoms with Crippen LogP contribution in [0, 0.1) is 23.0 Å². The smallest absolute Gasteiger partial charge is 0.175 e. The van der Waals surface area contributed by atoms with Crippen molar-refractivity contribution in [1.29, 1.82) is 5.26 Å². The second-order valence-electron chi connectivity index (χ2n) is 6.11. The number of halogens is 2. The summed E-state index contributed by atoms with van der Waals surface area (Å²) in [5, 5.41) is 12.3. The van der Waals surface area contributed by atoms with Crippen LogP contribution in [0.1, 0.15) is 22.7 Å². The number of nitrogens with zero attached hydrogens (tertiary/aromatic N) is 2. The third-order valence-corrected chi connectivity index (χ3v) is 5.22. The van der Waals surface area contributed by atoms with Gasteiger partial charge in [0.15, 0.2) is 21.5 Å². The molecule has 8 heteroatoms. The highest BCUT2D eigenvalue weighted by Gasteiger charge is 2.20. The van der Waals surface area contributed by atoms with E-state index in [2.05, 4.69) is 10.3 Å². The maximum Gasteiger partial charge on any atom is 0.175 e. The number of aromatic nitrogens is 1. The molecule has 0 spiro atoms. The average molecular weight is 399 g/mol. The van der Waals surface area contributed by atoms with Crippen LogP contribution in [0.15, 0.2) is 65.7 Å². The molecule has 1 aromatic heterocycles.